The van der Waals surface area contributed by atoms with Crippen LogP contribution in [0.2, 0.25) is 0 Å². The number of nitrogens with zero attached hydrogens (tertiary/aromatic N) is 4. The topological polar surface area (TPSA) is 116 Å². The van der Waals surface area contributed by atoms with Gasteiger partial charge in [0.15, 0.2) is 23.1 Å². The fourth-order valence-corrected chi connectivity index (χ4v) is 4.40. The van der Waals surface area contributed by atoms with E-state index in [-0.39, 0.29) is 24.7 Å². The van der Waals surface area contributed by atoms with E-state index in [4.69, 9.17) is 18.9 Å². The normalized spacial score (nSPS) is 12.2. The molecule has 0 saturated carbocycles. The Hall–Kier alpha value is -4.77. The Morgan fingerprint density at radius 2 is 1.82 bits per heavy atom. The van der Waals surface area contributed by atoms with Crippen LogP contribution in [0.15, 0.2) is 71.5 Å². The average Bonchev–Trinajstić information content (AvgIpc) is 3.70. The second kappa shape index (κ2) is 10.9. The van der Waals surface area contributed by atoms with Crippen molar-refractivity contribution in [3.05, 3.63) is 96.0 Å². The summed E-state index contributed by atoms with van der Waals surface area (Å²) in [7, 11) is 0. The van der Waals surface area contributed by atoms with Gasteiger partial charge in [-0.3, -0.25) is 14.3 Å². The molecule has 3 aromatic heterocycles. The van der Waals surface area contributed by atoms with Crippen molar-refractivity contribution in [2.45, 2.75) is 19.4 Å². The molecule has 1 aliphatic heterocycles. The Balaban J connectivity index is 1.05. The standard InChI is InChI=1S/C28H25FN6O4/c29-19-7-4-10-31-21(19)15-32-28(36)22-16-37-27(34-22)9-12-30-11-8-26-33-20-13-24-25(39-17-38-24)14-23(20)35(26)18-5-2-1-3-6-18/h1-7,10,13-14,16,30H,8-9,11-12,15,17H2,(H,32,36). The number of pyridine rings is 1. The molecule has 0 radical (unpaired) electrons. The highest BCUT2D eigenvalue weighted by atomic mass is 19.1. The summed E-state index contributed by atoms with van der Waals surface area (Å²) in [6.07, 6.45) is 3.95. The third kappa shape index (κ3) is 5.30. The third-order valence-corrected chi connectivity index (χ3v) is 6.31. The Morgan fingerprint density at radius 1 is 1.00 bits per heavy atom. The number of carbonyl (C=O) groups is 1. The molecule has 1 aliphatic rings. The lowest BCUT2D eigenvalue weighted by atomic mass is 10.2. The fraction of sp³-hybridized carbons (Fsp3) is 0.214. The van der Waals surface area contributed by atoms with E-state index in [1.807, 2.05) is 42.5 Å². The molecule has 11 heteroatoms. The molecular formula is C28H25FN6O4. The first-order chi connectivity index (χ1) is 19.2. The number of ether oxygens (including phenoxy) is 2. The average molecular weight is 529 g/mol. The molecule has 4 heterocycles. The van der Waals surface area contributed by atoms with Crippen LogP contribution in [0.4, 0.5) is 4.39 Å². The number of imidazole rings is 1. The summed E-state index contributed by atoms with van der Waals surface area (Å²) in [5.74, 6) is 1.83. The van der Waals surface area contributed by atoms with Gasteiger partial charge in [0, 0.05) is 49.9 Å². The fourth-order valence-electron chi connectivity index (χ4n) is 4.40. The van der Waals surface area contributed by atoms with E-state index in [2.05, 4.69) is 25.2 Å². The van der Waals surface area contributed by atoms with Crippen LogP contribution in [0.1, 0.15) is 27.9 Å². The van der Waals surface area contributed by atoms with Crippen LogP contribution in [0, 0.1) is 5.82 Å². The lowest BCUT2D eigenvalue weighted by Gasteiger charge is -2.10. The number of halogens is 1. The number of fused-ring (bicyclic) bond motifs is 2. The predicted molar refractivity (Wildman–Crippen MR) is 139 cm³/mol. The van der Waals surface area contributed by atoms with Crippen LogP contribution >= 0.6 is 0 Å². The maximum atomic E-state index is 13.7. The highest BCUT2D eigenvalue weighted by Gasteiger charge is 2.20. The smallest absolute Gasteiger partial charge is 0.273 e. The molecule has 0 saturated heterocycles. The number of rotatable bonds is 10. The molecule has 6 rings (SSSR count). The number of hydrogen-bond donors (Lipinski definition) is 2. The van der Waals surface area contributed by atoms with Crippen LogP contribution in [-0.4, -0.2) is 45.3 Å². The second-order valence-electron chi connectivity index (χ2n) is 8.88. The molecule has 39 heavy (non-hydrogen) atoms. The van der Waals surface area contributed by atoms with Crippen molar-refractivity contribution >= 4 is 16.9 Å². The zero-order valence-electron chi connectivity index (χ0n) is 20.9. The summed E-state index contributed by atoms with van der Waals surface area (Å²) in [5, 5.41) is 5.99. The number of amides is 1. The summed E-state index contributed by atoms with van der Waals surface area (Å²) in [6.45, 7) is 1.45. The molecule has 0 spiro atoms. The predicted octanol–water partition coefficient (Wildman–Crippen LogP) is 3.58. The minimum atomic E-state index is -0.476. The summed E-state index contributed by atoms with van der Waals surface area (Å²) in [5.41, 5.74) is 3.11. The van der Waals surface area contributed by atoms with Gasteiger partial charge in [-0.1, -0.05) is 18.2 Å². The molecule has 2 aromatic carbocycles. The maximum Gasteiger partial charge on any atom is 0.273 e. The summed E-state index contributed by atoms with van der Waals surface area (Å²) in [6, 6.07) is 16.7. The largest absolute Gasteiger partial charge is 0.454 e. The van der Waals surface area contributed by atoms with Crippen LogP contribution < -0.4 is 20.1 Å². The summed E-state index contributed by atoms with van der Waals surface area (Å²) < 4.78 is 32.4. The Labute approximate surface area is 222 Å². The van der Waals surface area contributed by atoms with Crippen molar-refractivity contribution in [3.63, 3.8) is 0 Å². The third-order valence-electron chi connectivity index (χ3n) is 6.31. The van der Waals surface area contributed by atoms with Crippen molar-refractivity contribution < 1.29 is 23.1 Å². The number of benzene rings is 2. The molecule has 0 bridgehead atoms. The zero-order valence-corrected chi connectivity index (χ0v) is 20.9. The van der Waals surface area contributed by atoms with Crippen LogP contribution in [0.3, 0.4) is 0 Å². The highest BCUT2D eigenvalue weighted by molar-refractivity contribution is 5.91. The molecule has 10 nitrogen and oxygen atoms in total. The van der Waals surface area contributed by atoms with Crippen LogP contribution in [0.5, 0.6) is 11.5 Å². The van der Waals surface area contributed by atoms with E-state index < -0.39 is 11.7 Å². The van der Waals surface area contributed by atoms with E-state index >= 15 is 0 Å². The van der Waals surface area contributed by atoms with E-state index in [1.54, 1.807) is 0 Å². The first-order valence-corrected chi connectivity index (χ1v) is 12.5. The number of nitrogens with one attached hydrogen (secondary N) is 2. The summed E-state index contributed by atoms with van der Waals surface area (Å²) in [4.78, 5) is 25.4. The molecule has 0 aliphatic carbocycles. The van der Waals surface area contributed by atoms with Gasteiger partial charge in [-0.2, -0.15) is 0 Å². The number of aromatic nitrogens is 4. The van der Waals surface area contributed by atoms with Crippen molar-refractivity contribution in [3.8, 4) is 17.2 Å². The highest BCUT2D eigenvalue weighted by Crippen LogP contribution is 2.37. The molecule has 198 valence electrons. The van der Waals surface area contributed by atoms with Crippen LogP contribution in [-0.2, 0) is 19.4 Å². The minimum Gasteiger partial charge on any atom is -0.454 e. The molecule has 5 aromatic rings. The zero-order chi connectivity index (χ0) is 26.6. The Morgan fingerprint density at radius 3 is 2.67 bits per heavy atom. The van der Waals surface area contributed by atoms with Crippen molar-refractivity contribution in [1.82, 2.24) is 30.2 Å². The molecule has 0 unspecified atom stereocenters. The Bertz CT molecular complexity index is 1620. The lowest BCUT2D eigenvalue weighted by Crippen LogP contribution is -2.24. The van der Waals surface area contributed by atoms with Gasteiger partial charge < -0.3 is 24.5 Å². The number of carbonyl (C=O) groups excluding carboxylic acids is 1. The molecule has 0 fully saturated rings. The summed E-state index contributed by atoms with van der Waals surface area (Å²) >= 11 is 0. The Kier molecular flexibility index (Phi) is 6.88. The number of oxazole rings is 1. The quantitative estimate of drug-likeness (QED) is 0.264. The van der Waals surface area contributed by atoms with Crippen molar-refractivity contribution in [2.75, 3.05) is 19.9 Å². The van der Waals surface area contributed by atoms with Crippen molar-refractivity contribution in [2.24, 2.45) is 0 Å². The van der Waals surface area contributed by atoms with E-state index in [0.29, 0.717) is 43.3 Å². The number of hydrogen-bond acceptors (Lipinski definition) is 8. The van der Waals surface area contributed by atoms with Crippen LogP contribution in [0.25, 0.3) is 16.7 Å². The molecule has 2 N–H and O–H groups in total. The van der Waals surface area contributed by atoms with Gasteiger partial charge in [0.05, 0.1) is 23.3 Å². The second-order valence-corrected chi connectivity index (χ2v) is 8.88. The van der Waals surface area contributed by atoms with E-state index in [0.717, 1.165) is 22.5 Å². The van der Waals surface area contributed by atoms with Gasteiger partial charge in [-0.25, -0.2) is 14.4 Å². The first-order valence-electron chi connectivity index (χ1n) is 12.5. The van der Waals surface area contributed by atoms with Gasteiger partial charge in [-0.15, -0.1) is 0 Å². The van der Waals surface area contributed by atoms with E-state index in [9.17, 15) is 9.18 Å². The van der Waals surface area contributed by atoms with Gasteiger partial charge in [0.25, 0.3) is 5.91 Å². The monoisotopic (exact) mass is 528 g/mol. The van der Waals surface area contributed by atoms with E-state index in [1.165, 1.54) is 24.6 Å². The van der Waals surface area contributed by atoms with Gasteiger partial charge >= 0.3 is 0 Å². The molecule has 0 atom stereocenters. The molecular weight excluding hydrogens is 503 g/mol. The maximum absolute atomic E-state index is 13.7. The van der Waals surface area contributed by atoms with Gasteiger partial charge in [0.2, 0.25) is 6.79 Å². The SMILES string of the molecule is O=C(NCc1ncccc1F)c1coc(CCNCCc2nc3cc4c(cc3n2-c2ccccc2)OCO4)n1. The van der Waals surface area contributed by atoms with Gasteiger partial charge in [0.1, 0.15) is 17.9 Å². The molecule has 1 amide bonds. The first kappa shape index (κ1) is 24.6. The van der Waals surface area contributed by atoms with Gasteiger partial charge in [-0.05, 0) is 24.3 Å². The number of para-hydroxylation sites is 1. The van der Waals surface area contributed by atoms with Crippen molar-refractivity contribution in [1.29, 1.82) is 0 Å². The lowest BCUT2D eigenvalue weighted by molar-refractivity contribution is 0.0945. The minimum absolute atomic E-state index is 0.0360.